The summed E-state index contributed by atoms with van der Waals surface area (Å²) >= 11 is 0. The molecule has 2 aromatic heterocycles. The van der Waals surface area contributed by atoms with Crippen LogP contribution in [0.4, 0.5) is 5.69 Å². The molecule has 33 heavy (non-hydrogen) atoms. The lowest BCUT2D eigenvalue weighted by Crippen LogP contribution is -2.30. The second kappa shape index (κ2) is 9.92. The van der Waals surface area contributed by atoms with Gasteiger partial charge in [0.25, 0.3) is 0 Å². The third-order valence-electron chi connectivity index (χ3n) is 5.66. The van der Waals surface area contributed by atoms with Gasteiger partial charge in [-0.25, -0.2) is 4.98 Å². The number of fused-ring (bicyclic) bond motifs is 1. The van der Waals surface area contributed by atoms with Crippen LogP contribution in [0.25, 0.3) is 16.9 Å². The van der Waals surface area contributed by atoms with E-state index in [1.807, 2.05) is 37.4 Å². The Bertz CT molecular complexity index is 1230. The summed E-state index contributed by atoms with van der Waals surface area (Å²) in [5.74, 6) is 0.823. The van der Waals surface area contributed by atoms with Crippen LogP contribution in [-0.2, 0) is 13.1 Å². The summed E-state index contributed by atoms with van der Waals surface area (Å²) in [5.41, 5.74) is 13.2. The second-order valence-electron chi connectivity index (χ2n) is 8.85. The lowest BCUT2D eigenvalue weighted by atomic mass is 10.1. The molecule has 0 aliphatic rings. The zero-order valence-corrected chi connectivity index (χ0v) is 19.7. The van der Waals surface area contributed by atoms with Gasteiger partial charge in [0.1, 0.15) is 18.0 Å². The molecule has 2 N–H and O–H groups in total. The van der Waals surface area contributed by atoms with Crippen LogP contribution in [0.5, 0.6) is 5.75 Å². The largest absolute Gasteiger partial charge is 0.489 e. The minimum absolute atomic E-state index is 0.364. The third-order valence-corrected chi connectivity index (χ3v) is 5.66. The van der Waals surface area contributed by atoms with E-state index in [4.69, 9.17) is 15.5 Å². The van der Waals surface area contributed by atoms with Gasteiger partial charge >= 0.3 is 0 Å². The molecular weight excluding hydrogens is 408 g/mol. The van der Waals surface area contributed by atoms with E-state index < -0.39 is 0 Å². The van der Waals surface area contributed by atoms with Crippen LogP contribution in [0.2, 0.25) is 0 Å². The van der Waals surface area contributed by atoms with Crippen LogP contribution in [0.3, 0.4) is 0 Å². The van der Waals surface area contributed by atoms with Crippen molar-refractivity contribution in [3.8, 4) is 17.0 Å². The fraction of sp³-hybridized carbons (Fsp3) is 0.250. The standard InChI is InChI=1S/C28H32N4O/c1-20(2)19-33-25-13-10-23(11-14-25)28-26(32-17-24(29)12-15-27(32)30-28)18-31(21(3)4)16-22-8-6-5-7-9-22/h5-15,17,21H,1,16,18-19,29H2,2-4H3. The summed E-state index contributed by atoms with van der Waals surface area (Å²) < 4.78 is 7.90. The first-order valence-electron chi connectivity index (χ1n) is 11.3. The number of nitrogens with two attached hydrogens (primary N) is 1. The van der Waals surface area contributed by atoms with Crippen LogP contribution < -0.4 is 10.5 Å². The molecule has 170 valence electrons. The van der Waals surface area contributed by atoms with Crippen molar-refractivity contribution in [1.82, 2.24) is 14.3 Å². The van der Waals surface area contributed by atoms with E-state index >= 15 is 0 Å². The van der Waals surface area contributed by atoms with Gasteiger partial charge in [0.15, 0.2) is 0 Å². The molecule has 0 atom stereocenters. The van der Waals surface area contributed by atoms with Crippen molar-refractivity contribution in [1.29, 1.82) is 0 Å². The highest BCUT2D eigenvalue weighted by Gasteiger charge is 2.19. The van der Waals surface area contributed by atoms with Gasteiger partial charge in [-0.15, -0.1) is 0 Å². The number of aromatic nitrogens is 2. The van der Waals surface area contributed by atoms with Gasteiger partial charge in [-0.1, -0.05) is 36.9 Å². The summed E-state index contributed by atoms with van der Waals surface area (Å²) in [6.07, 6.45) is 1.96. The summed E-state index contributed by atoms with van der Waals surface area (Å²) in [4.78, 5) is 7.43. The monoisotopic (exact) mass is 440 g/mol. The minimum atomic E-state index is 0.364. The zero-order valence-electron chi connectivity index (χ0n) is 19.7. The number of ether oxygens (including phenoxy) is 1. The lowest BCUT2D eigenvalue weighted by Gasteiger charge is -2.27. The fourth-order valence-electron chi connectivity index (χ4n) is 3.84. The average molecular weight is 441 g/mol. The predicted octanol–water partition coefficient (Wildman–Crippen LogP) is 5.95. The highest BCUT2D eigenvalue weighted by Crippen LogP contribution is 2.29. The Labute approximate surface area is 196 Å². The van der Waals surface area contributed by atoms with Crippen molar-refractivity contribution < 1.29 is 4.74 Å². The van der Waals surface area contributed by atoms with Gasteiger partial charge in [-0.2, -0.15) is 0 Å². The number of nitrogens with zero attached hydrogens (tertiary/aromatic N) is 3. The number of hydrogen-bond acceptors (Lipinski definition) is 4. The summed E-state index contributed by atoms with van der Waals surface area (Å²) in [6.45, 7) is 12.4. The maximum atomic E-state index is 6.15. The van der Waals surface area contributed by atoms with Crippen LogP contribution in [0.1, 0.15) is 32.0 Å². The molecule has 0 saturated heterocycles. The van der Waals surface area contributed by atoms with E-state index in [2.05, 4.69) is 72.2 Å². The SMILES string of the molecule is C=C(C)COc1ccc(-c2nc3ccc(N)cn3c2CN(Cc2ccccc2)C(C)C)cc1. The summed E-state index contributed by atoms with van der Waals surface area (Å²) in [5, 5.41) is 0. The van der Waals surface area contributed by atoms with Crippen molar-refractivity contribution in [2.24, 2.45) is 0 Å². The normalized spacial score (nSPS) is 11.4. The third kappa shape index (κ3) is 5.44. The highest BCUT2D eigenvalue weighted by atomic mass is 16.5. The molecule has 0 aliphatic heterocycles. The quantitative estimate of drug-likeness (QED) is 0.327. The predicted molar refractivity (Wildman–Crippen MR) is 136 cm³/mol. The van der Waals surface area contributed by atoms with Gasteiger partial charge in [-0.3, -0.25) is 4.90 Å². The first-order chi connectivity index (χ1) is 15.9. The minimum Gasteiger partial charge on any atom is -0.489 e. The molecule has 0 spiro atoms. The summed E-state index contributed by atoms with van der Waals surface area (Å²) in [6, 6.07) is 22.9. The number of pyridine rings is 1. The smallest absolute Gasteiger partial charge is 0.137 e. The van der Waals surface area contributed by atoms with Crippen molar-refractivity contribution in [2.45, 2.75) is 39.9 Å². The molecule has 4 rings (SSSR count). The molecule has 2 aromatic carbocycles. The van der Waals surface area contributed by atoms with E-state index in [1.54, 1.807) is 0 Å². The average Bonchev–Trinajstić information content (AvgIpc) is 3.15. The molecule has 0 aliphatic carbocycles. The van der Waals surface area contributed by atoms with Crippen molar-refractivity contribution >= 4 is 11.3 Å². The molecule has 0 fully saturated rings. The van der Waals surface area contributed by atoms with Gasteiger partial charge in [0.2, 0.25) is 0 Å². The Hall–Kier alpha value is -3.57. The Morgan fingerprint density at radius 3 is 2.42 bits per heavy atom. The van der Waals surface area contributed by atoms with Crippen LogP contribution >= 0.6 is 0 Å². The number of nitrogen functional groups attached to an aromatic ring is 1. The lowest BCUT2D eigenvalue weighted by molar-refractivity contribution is 0.201. The molecule has 0 unspecified atom stereocenters. The number of imidazole rings is 1. The molecule has 0 radical (unpaired) electrons. The molecule has 0 amide bonds. The number of hydrogen-bond donors (Lipinski definition) is 1. The van der Waals surface area contributed by atoms with Gasteiger partial charge in [0.05, 0.1) is 11.4 Å². The number of benzene rings is 2. The molecule has 0 saturated carbocycles. The van der Waals surface area contributed by atoms with E-state index in [0.717, 1.165) is 52.7 Å². The Morgan fingerprint density at radius 2 is 1.76 bits per heavy atom. The Balaban J connectivity index is 1.71. The topological polar surface area (TPSA) is 55.8 Å². The van der Waals surface area contributed by atoms with Crippen LogP contribution in [0.15, 0.2) is 85.1 Å². The van der Waals surface area contributed by atoms with Gasteiger partial charge < -0.3 is 14.9 Å². The van der Waals surface area contributed by atoms with Gasteiger partial charge in [-0.05, 0) is 68.3 Å². The van der Waals surface area contributed by atoms with E-state index in [1.165, 1.54) is 5.56 Å². The van der Waals surface area contributed by atoms with Crippen molar-refractivity contribution in [3.05, 3.63) is 96.3 Å². The van der Waals surface area contributed by atoms with Crippen molar-refractivity contribution in [3.63, 3.8) is 0 Å². The first kappa shape index (κ1) is 22.6. The summed E-state index contributed by atoms with van der Waals surface area (Å²) in [7, 11) is 0. The molecule has 4 aromatic rings. The Morgan fingerprint density at radius 1 is 1.03 bits per heavy atom. The van der Waals surface area contributed by atoms with Crippen LogP contribution in [-0.4, -0.2) is 26.9 Å². The van der Waals surface area contributed by atoms with E-state index in [-0.39, 0.29) is 0 Å². The molecule has 2 heterocycles. The fourth-order valence-corrected chi connectivity index (χ4v) is 3.84. The van der Waals surface area contributed by atoms with E-state index in [0.29, 0.717) is 12.6 Å². The zero-order chi connectivity index (χ0) is 23.4. The molecule has 5 heteroatoms. The van der Waals surface area contributed by atoms with E-state index in [9.17, 15) is 0 Å². The first-order valence-corrected chi connectivity index (χ1v) is 11.3. The van der Waals surface area contributed by atoms with Crippen molar-refractivity contribution in [2.75, 3.05) is 12.3 Å². The van der Waals surface area contributed by atoms with Gasteiger partial charge in [0, 0.05) is 36.6 Å². The maximum Gasteiger partial charge on any atom is 0.137 e. The van der Waals surface area contributed by atoms with Crippen LogP contribution in [0, 0.1) is 0 Å². The Kier molecular flexibility index (Phi) is 6.80. The molecular formula is C28H32N4O. The molecule has 5 nitrogen and oxygen atoms in total. The number of rotatable bonds is 9. The maximum absolute atomic E-state index is 6.15. The highest BCUT2D eigenvalue weighted by molar-refractivity contribution is 5.68. The molecule has 0 bridgehead atoms. The number of anilines is 1. The second-order valence-corrected chi connectivity index (χ2v) is 8.85.